The second-order valence-electron chi connectivity index (χ2n) is 14.0. The predicted molar refractivity (Wildman–Crippen MR) is 203 cm³/mol. The highest BCUT2D eigenvalue weighted by Crippen LogP contribution is 2.42. The van der Waals surface area contributed by atoms with Gasteiger partial charge in [0.2, 0.25) is 5.96 Å². The second-order valence-corrected chi connectivity index (χ2v) is 15.6. The maximum Gasteiger partial charge on any atom is 0.326 e. The minimum absolute atomic E-state index is 0.0468. The van der Waals surface area contributed by atoms with Crippen molar-refractivity contribution in [2.45, 2.75) is 89.3 Å². The van der Waals surface area contributed by atoms with Gasteiger partial charge in [-0.2, -0.15) is 0 Å². The molecule has 1 aliphatic heterocycles. The lowest BCUT2D eigenvalue weighted by Crippen LogP contribution is -2.43. The van der Waals surface area contributed by atoms with Crippen molar-refractivity contribution >= 4 is 27.9 Å². The number of aliphatic carboxylic acids is 1. The number of nitrogens with one attached hydrogen (secondary N) is 4. The summed E-state index contributed by atoms with van der Waals surface area (Å²) in [7, 11) is -4.10. The van der Waals surface area contributed by atoms with Crippen molar-refractivity contribution in [3.63, 3.8) is 0 Å². The first kappa shape index (κ1) is 38.8. The van der Waals surface area contributed by atoms with E-state index >= 15 is 0 Å². The van der Waals surface area contributed by atoms with Gasteiger partial charge in [-0.15, -0.1) is 0 Å². The molecule has 3 aromatic carbocycles. The summed E-state index contributed by atoms with van der Waals surface area (Å²) in [4.78, 5) is 39.3. The van der Waals surface area contributed by atoms with Gasteiger partial charge in [-0.1, -0.05) is 60.7 Å². The standard InChI is InChI=1S/C40H47N5O7S/c1-25-26(2)35(27(3)30-21-22-40(4,5)52-34(25)30)53(50,51)44-39(41)42-23-13-12-20-32(38(48)49)43-36(46)31-19-14-24-45(37(31)47)33(28-15-8-6-9-16-28)29-17-10-7-11-18-29/h6-11,14-19,24,32-33H,12-13,20-23H2,1-5H3,(H,43,46)(H,48,49)(H3,41,42,44)/t32-/m0/s1. The molecule has 0 unspecified atom stereocenters. The molecular formula is C40H47N5O7S. The minimum atomic E-state index is -4.10. The van der Waals surface area contributed by atoms with Gasteiger partial charge in [0.15, 0.2) is 0 Å². The van der Waals surface area contributed by atoms with Crippen LogP contribution in [-0.4, -0.2) is 54.1 Å². The predicted octanol–water partition coefficient (Wildman–Crippen LogP) is 5.37. The van der Waals surface area contributed by atoms with Crippen LogP contribution in [0, 0.1) is 26.2 Å². The van der Waals surface area contributed by atoms with E-state index in [0.29, 0.717) is 30.4 Å². The molecule has 0 spiro atoms. The number of hydrogen-bond donors (Lipinski definition) is 5. The van der Waals surface area contributed by atoms with Crippen molar-refractivity contribution in [3.05, 3.63) is 128 Å². The largest absolute Gasteiger partial charge is 0.487 e. The summed E-state index contributed by atoms with van der Waals surface area (Å²) in [5.41, 5.74) is 3.35. The van der Waals surface area contributed by atoms with Crippen LogP contribution in [0.1, 0.15) is 89.3 Å². The number of ether oxygens (including phenoxy) is 1. The second kappa shape index (κ2) is 16.1. The van der Waals surface area contributed by atoms with Crippen molar-refractivity contribution < 1.29 is 27.9 Å². The van der Waals surface area contributed by atoms with Gasteiger partial charge >= 0.3 is 5.97 Å². The van der Waals surface area contributed by atoms with E-state index in [4.69, 9.17) is 10.1 Å². The smallest absolute Gasteiger partial charge is 0.326 e. The fourth-order valence-electron chi connectivity index (χ4n) is 6.82. The van der Waals surface area contributed by atoms with Crippen LogP contribution in [0.5, 0.6) is 5.75 Å². The quantitative estimate of drug-likeness (QED) is 0.0689. The number of rotatable bonds is 13. The van der Waals surface area contributed by atoms with Gasteiger partial charge in [-0.3, -0.25) is 15.0 Å². The molecule has 4 aromatic rings. The molecule has 53 heavy (non-hydrogen) atoms. The maximum atomic E-state index is 13.7. The molecule has 12 nitrogen and oxygen atoms in total. The monoisotopic (exact) mass is 741 g/mol. The molecule has 0 saturated heterocycles. The molecule has 1 aliphatic rings. The summed E-state index contributed by atoms with van der Waals surface area (Å²) in [5.74, 6) is -1.75. The Morgan fingerprint density at radius 1 is 0.925 bits per heavy atom. The Hall–Kier alpha value is -5.43. The molecule has 1 amide bonds. The first-order valence-electron chi connectivity index (χ1n) is 17.6. The molecule has 1 aromatic heterocycles. The Balaban J connectivity index is 1.18. The highest BCUT2D eigenvalue weighted by molar-refractivity contribution is 7.90. The summed E-state index contributed by atoms with van der Waals surface area (Å²) in [6, 6.07) is 20.0. The number of carboxylic acid groups (broad SMARTS) is 1. The molecule has 0 aliphatic carbocycles. The molecule has 0 radical (unpaired) electrons. The third-order valence-electron chi connectivity index (χ3n) is 9.72. The zero-order chi connectivity index (χ0) is 38.5. The lowest BCUT2D eigenvalue weighted by molar-refractivity contribution is -0.139. The van der Waals surface area contributed by atoms with E-state index in [0.717, 1.165) is 34.4 Å². The maximum absolute atomic E-state index is 13.7. The van der Waals surface area contributed by atoms with Gasteiger partial charge in [0, 0.05) is 12.7 Å². The lowest BCUT2D eigenvalue weighted by atomic mass is 9.88. The number of carbonyl (C=O) groups excluding carboxylic acids is 1. The van der Waals surface area contributed by atoms with Crippen molar-refractivity contribution in [2.75, 3.05) is 6.54 Å². The number of aromatic nitrogens is 1. The van der Waals surface area contributed by atoms with Gasteiger partial charge in [0.25, 0.3) is 21.5 Å². The molecule has 0 bridgehead atoms. The number of sulfonamides is 1. The van der Waals surface area contributed by atoms with Crippen molar-refractivity contribution in [1.82, 2.24) is 19.9 Å². The van der Waals surface area contributed by atoms with E-state index in [1.807, 2.05) is 81.4 Å². The van der Waals surface area contributed by atoms with Crippen LogP contribution in [0.4, 0.5) is 0 Å². The van der Waals surface area contributed by atoms with E-state index in [-0.39, 0.29) is 29.0 Å². The molecule has 0 fully saturated rings. The zero-order valence-corrected chi connectivity index (χ0v) is 31.5. The Labute approximate surface area is 310 Å². The SMILES string of the molecule is Cc1c(C)c(S(=O)(=O)NC(=N)NCCCC[C@H](NC(=O)c2cccn(C(c3ccccc3)c3ccccc3)c2=O)C(=O)O)c(C)c2c1OC(C)(C)CC2. The number of amides is 1. The third kappa shape index (κ3) is 8.79. The Morgan fingerprint density at radius 2 is 1.55 bits per heavy atom. The van der Waals surface area contributed by atoms with Gasteiger partial charge < -0.3 is 25.0 Å². The Bertz CT molecular complexity index is 2130. The number of carbonyl (C=O) groups is 2. The fourth-order valence-corrected chi connectivity index (χ4v) is 8.35. The average molecular weight is 742 g/mol. The lowest BCUT2D eigenvalue weighted by Gasteiger charge is -2.35. The Kier molecular flexibility index (Phi) is 11.8. The van der Waals surface area contributed by atoms with Crippen LogP contribution in [0.25, 0.3) is 0 Å². The Morgan fingerprint density at radius 3 is 2.15 bits per heavy atom. The summed E-state index contributed by atoms with van der Waals surface area (Å²) < 4.78 is 37.0. The van der Waals surface area contributed by atoms with E-state index in [1.54, 1.807) is 26.1 Å². The highest BCUT2D eigenvalue weighted by Gasteiger charge is 2.34. The van der Waals surface area contributed by atoms with Crippen LogP contribution < -0.4 is 25.7 Å². The number of pyridine rings is 1. The summed E-state index contributed by atoms with van der Waals surface area (Å²) in [5, 5.41) is 23.4. The number of carboxylic acids is 1. The van der Waals surface area contributed by atoms with Crippen LogP contribution in [0.3, 0.4) is 0 Å². The summed E-state index contributed by atoms with van der Waals surface area (Å²) in [6.07, 6.45) is 3.78. The number of guanidine groups is 1. The average Bonchev–Trinajstić information content (AvgIpc) is 3.11. The number of nitrogens with zero attached hydrogens (tertiary/aromatic N) is 1. The van der Waals surface area contributed by atoms with Gasteiger partial charge in [0.1, 0.15) is 23.0 Å². The number of benzene rings is 3. The highest BCUT2D eigenvalue weighted by atomic mass is 32.2. The van der Waals surface area contributed by atoms with E-state index < -0.39 is 45.5 Å². The molecule has 2 heterocycles. The number of fused-ring (bicyclic) bond motifs is 1. The molecule has 13 heteroatoms. The minimum Gasteiger partial charge on any atom is -0.487 e. The summed E-state index contributed by atoms with van der Waals surface area (Å²) >= 11 is 0. The van der Waals surface area contributed by atoms with Crippen LogP contribution in [0.15, 0.2) is 88.7 Å². The normalized spacial score (nSPS) is 14.1. The van der Waals surface area contributed by atoms with Crippen LogP contribution >= 0.6 is 0 Å². The number of hydrogen-bond acceptors (Lipinski definition) is 7. The molecule has 1 atom stereocenters. The molecule has 0 saturated carbocycles. The van der Waals surface area contributed by atoms with Crippen molar-refractivity contribution in [3.8, 4) is 5.75 Å². The van der Waals surface area contributed by atoms with E-state index in [2.05, 4.69) is 15.4 Å². The first-order chi connectivity index (χ1) is 25.1. The molecule has 5 N–H and O–H groups in total. The third-order valence-corrected chi connectivity index (χ3v) is 11.3. The number of unbranched alkanes of at least 4 members (excludes halogenated alkanes) is 1. The molecule has 5 rings (SSSR count). The molecular weight excluding hydrogens is 695 g/mol. The van der Waals surface area contributed by atoms with Crippen molar-refractivity contribution in [2.24, 2.45) is 0 Å². The van der Waals surface area contributed by atoms with Crippen molar-refractivity contribution in [1.29, 1.82) is 5.41 Å². The van der Waals surface area contributed by atoms with Gasteiger partial charge in [0.05, 0.1) is 10.9 Å². The van der Waals surface area contributed by atoms with Gasteiger partial charge in [-0.05, 0) is 112 Å². The fraction of sp³-hybridized carbons (Fsp3) is 0.350. The topological polar surface area (TPSA) is 180 Å². The van der Waals surface area contributed by atoms with E-state index in [1.165, 1.54) is 10.6 Å². The zero-order valence-electron chi connectivity index (χ0n) is 30.7. The van der Waals surface area contributed by atoms with Gasteiger partial charge in [-0.25, -0.2) is 17.9 Å². The molecule has 280 valence electrons. The van der Waals surface area contributed by atoms with Crippen LogP contribution in [0.2, 0.25) is 0 Å². The van der Waals surface area contributed by atoms with Crippen LogP contribution in [-0.2, 0) is 21.2 Å². The first-order valence-corrected chi connectivity index (χ1v) is 19.1. The summed E-state index contributed by atoms with van der Waals surface area (Å²) in [6.45, 7) is 9.52. The van der Waals surface area contributed by atoms with E-state index in [9.17, 15) is 27.9 Å².